The third-order valence-electron chi connectivity index (χ3n) is 4.93. The second-order valence-corrected chi connectivity index (χ2v) is 7.39. The van der Waals surface area contributed by atoms with Crippen molar-refractivity contribution in [3.05, 3.63) is 46.3 Å². The van der Waals surface area contributed by atoms with Crippen LogP contribution in [0, 0.1) is 0 Å². The van der Waals surface area contributed by atoms with Gasteiger partial charge in [0, 0.05) is 13.6 Å². The number of hydrogen-bond donors (Lipinski definition) is 0. The van der Waals surface area contributed by atoms with Crippen molar-refractivity contribution in [1.82, 2.24) is 19.7 Å². The van der Waals surface area contributed by atoms with Gasteiger partial charge in [-0.1, -0.05) is 12.1 Å². The lowest BCUT2D eigenvalue weighted by Crippen LogP contribution is -2.34. The van der Waals surface area contributed by atoms with Crippen molar-refractivity contribution < 1.29 is 13.2 Å². The van der Waals surface area contributed by atoms with Gasteiger partial charge in [0.2, 0.25) is 0 Å². The van der Waals surface area contributed by atoms with Gasteiger partial charge < -0.3 is 4.90 Å². The molecule has 1 saturated heterocycles. The highest BCUT2D eigenvalue weighted by molar-refractivity contribution is 9.10. The van der Waals surface area contributed by atoms with Crippen LogP contribution < -0.4 is 4.90 Å². The van der Waals surface area contributed by atoms with E-state index in [4.69, 9.17) is 0 Å². The minimum absolute atomic E-state index is 0.175. The molecule has 1 fully saturated rings. The molecule has 0 saturated carbocycles. The average molecular weight is 440 g/mol. The Morgan fingerprint density at radius 1 is 1.19 bits per heavy atom. The van der Waals surface area contributed by atoms with Crippen molar-refractivity contribution in [3.63, 3.8) is 0 Å². The normalized spacial score (nSPS) is 18.3. The molecular weight excluding hydrogens is 423 g/mol. The van der Waals surface area contributed by atoms with Gasteiger partial charge in [0.1, 0.15) is 16.7 Å². The SMILES string of the molecule is Cn1nc(Br)c2c(N3CCCCC3c3cccc(C(F)(F)F)c3)ncnc21. The third kappa shape index (κ3) is 3.28. The Morgan fingerprint density at radius 2 is 2.00 bits per heavy atom. The minimum Gasteiger partial charge on any atom is -0.349 e. The highest BCUT2D eigenvalue weighted by atomic mass is 79.9. The average Bonchev–Trinajstić information content (AvgIpc) is 2.95. The predicted molar refractivity (Wildman–Crippen MR) is 99.4 cm³/mol. The summed E-state index contributed by atoms with van der Waals surface area (Å²) >= 11 is 3.46. The molecule has 1 aromatic carbocycles. The zero-order valence-corrected chi connectivity index (χ0v) is 16.1. The van der Waals surface area contributed by atoms with Crippen molar-refractivity contribution in [2.45, 2.75) is 31.5 Å². The van der Waals surface area contributed by atoms with E-state index in [1.807, 2.05) is 0 Å². The summed E-state index contributed by atoms with van der Waals surface area (Å²) in [5.41, 5.74) is 0.706. The number of benzene rings is 1. The molecule has 0 aliphatic carbocycles. The van der Waals surface area contributed by atoms with Gasteiger partial charge in [-0.05, 0) is 52.9 Å². The lowest BCUT2D eigenvalue weighted by Gasteiger charge is -2.37. The van der Waals surface area contributed by atoms with E-state index < -0.39 is 11.7 Å². The zero-order valence-electron chi connectivity index (χ0n) is 14.5. The Kier molecular flexibility index (Phi) is 4.57. The molecule has 0 amide bonds. The summed E-state index contributed by atoms with van der Waals surface area (Å²) in [6.07, 6.45) is -0.197. The first-order chi connectivity index (χ1) is 12.9. The maximum absolute atomic E-state index is 13.2. The molecule has 5 nitrogen and oxygen atoms in total. The summed E-state index contributed by atoms with van der Waals surface area (Å²) in [4.78, 5) is 10.8. The Labute approximate surface area is 162 Å². The molecule has 1 aliphatic rings. The molecule has 2 aromatic heterocycles. The fourth-order valence-electron chi connectivity index (χ4n) is 3.70. The number of hydrogen-bond acceptors (Lipinski definition) is 4. The molecule has 0 N–H and O–H groups in total. The number of alkyl halides is 3. The standard InChI is InChI=1S/C18H17BrF3N5/c1-26-16-14(15(19)25-26)17(24-10-23-16)27-8-3-2-7-13(27)11-5-4-6-12(9-11)18(20,21)22/h4-6,9-10,13H,2-3,7-8H2,1H3. The van der Waals surface area contributed by atoms with Gasteiger partial charge in [-0.2, -0.15) is 18.3 Å². The number of halogens is 4. The summed E-state index contributed by atoms with van der Waals surface area (Å²) in [5.74, 6) is 0.696. The summed E-state index contributed by atoms with van der Waals surface area (Å²) in [5, 5.41) is 5.12. The van der Waals surface area contributed by atoms with Crippen LogP contribution in [0.25, 0.3) is 11.0 Å². The topological polar surface area (TPSA) is 46.8 Å². The summed E-state index contributed by atoms with van der Waals surface area (Å²) in [6.45, 7) is 0.717. The molecule has 0 bridgehead atoms. The van der Waals surface area contributed by atoms with Crippen LogP contribution in [0.1, 0.15) is 36.4 Å². The Bertz CT molecular complexity index is 985. The number of aryl methyl sites for hydroxylation is 1. The van der Waals surface area contributed by atoms with Crippen LogP contribution in [0.4, 0.5) is 19.0 Å². The number of fused-ring (bicyclic) bond motifs is 1. The highest BCUT2D eigenvalue weighted by Gasteiger charge is 2.33. The molecule has 9 heteroatoms. The Balaban J connectivity index is 1.81. The minimum atomic E-state index is -4.36. The van der Waals surface area contributed by atoms with Gasteiger partial charge in [-0.3, -0.25) is 0 Å². The smallest absolute Gasteiger partial charge is 0.349 e. The van der Waals surface area contributed by atoms with E-state index in [0.29, 0.717) is 28.2 Å². The summed E-state index contributed by atoms with van der Waals surface area (Å²) in [6, 6.07) is 5.41. The quantitative estimate of drug-likeness (QED) is 0.570. The monoisotopic (exact) mass is 439 g/mol. The molecule has 1 atom stereocenters. The lowest BCUT2D eigenvalue weighted by molar-refractivity contribution is -0.137. The van der Waals surface area contributed by atoms with E-state index in [1.165, 1.54) is 18.5 Å². The van der Waals surface area contributed by atoms with Gasteiger partial charge >= 0.3 is 6.18 Å². The molecule has 3 aromatic rings. The van der Waals surface area contributed by atoms with Crippen molar-refractivity contribution in [1.29, 1.82) is 0 Å². The van der Waals surface area contributed by atoms with Gasteiger partial charge in [0.05, 0.1) is 17.0 Å². The fourth-order valence-corrected chi connectivity index (χ4v) is 4.29. The first-order valence-electron chi connectivity index (χ1n) is 8.63. The van der Waals surface area contributed by atoms with E-state index in [-0.39, 0.29) is 6.04 Å². The number of aromatic nitrogens is 4. The first-order valence-corrected chi connectivity index (χ1v) is 9.42. The number of piperidine rings is 1. The maximum atomic E-state index is 13.2. The van der Waals surface area contributed by atoms with Gasteiger partial charge in [-0.15, -0.1) is 0 Å². The van der Waals surface area contributed by atoms with Crippen LogP contribution in [0.3, 0.4) is 0 Å². The molecule has 0 radical (unpaired) electrons. The molecule has 142 valence electrons. The van der Waals surface area contributed by atoms with E-state index in [2.05, 4.69) is 35.9 Å². The Morgan fingerprint density at radius 3 is 2.78 bits per heavy atom. The lowest BCUT2D eigenvalue weighted by atomic mass is 9.93. The number of anilines is 1. The van der Waals surface area contributed by atoms with Crippen LogP contribution in [0.15, 0.2) is 35.2 Å². The van der Waals surface area contributed by atoms with E-state index in [0.717, 1.165) is 30.7 Å². The van der Waals surface area contributed by atoms with Crippen LogP contribution >= 0.6 is 15.9 Å². The van der Waals surface area contributed by atoms with Gasteiger partial charge in [0.25, 0.3) is 0 Å². The van der Waals surface area contributed by atoms with Crippen LogP contribution in [-0.4, -0.2) is 26.3 Å². The van der Waals surface area contributed by atoms with Crippen molar-refractivity contribution in [3.8, 4) is 0 Å². The van der Waals surface area contributed by atoms with E-state index in [1.54, 1.807) is 17.8 Å². The molecule has 1 unspecified atom stereocenters. The second kappa shape index (κ2) is 6.78. The van der Waals surface area contributed by atoms with E-state index >= 15 is 0 Å². The van der Waals surface area contributed by atoms with Crippen molar-refractivity contribution in [2.24, 2.45) is 7.05 Å². The molecule has 1 aliphatic heterocycles. The largest absolute Gasteiger partial charge is 0.416 e. The van der Waals surface area contributed by atoms with Gasteiger partial charge in [0.15, 0.2) is 5.65 Å². The highest BCUT2D eigenvalue weighted by Crippen LogP contribution is 2.40. The Hall–Kier alpha value is -2.16. The van der Waals surface area contributed by atoms with Crippen LogP contribution in [0.5, 0.6) is 0 Å². The van der Waals surface area contributed by atoms with Crippen molar-refractivity contribution in [2.75, 3.05) is 11.4 Å². The first kappa shape index (κ1) is 18.2. The predicted octanol–water partition coefficient (Wildman–Crippen LogP) is 4.88. The van der Waals surface area contributed by atoms with Crippen molar-refractivity contribution >= 4 is 32.8 Å². The van der Waals surface area contributed by atoms with Crippen LogP contribution in [-0.2, 0) is 13.2 Å². The summed E-state index contributed by atoms with van der Waals surface area (Å²) < 4.78 is 41.8. The molecule has 0 spiro atoms. The van der Waals surface area contributed by atoms with Crippen LogP contribution in [0.2, 0.25) is 0 Å². The van der Waals surface area contributed by atoms with Gasteiger partial charge in [-0.25, -0.2) is 14.6 Å². The fraction of sp³-hybridized carbons (Fsp3) is 0.389. The maximum Gasteiger partial charge on any atom is 0.416 e. The molecular formula is C18H17BrF3N5. The number of rotatable bonds is 2. The number of nitrogens with zero attached hydrogens (tertiary/aromatic N) is 5. The zero-order chi connectivity index (χ0) is 19.2. The molecule has 4 rings (SSSR count). The summed E-state index contributed by atoms with van der Waals surface area (Å²) in [7, 11) is 1.80. The molecule has 3 heterocycles. The second-order valence-electron chi connectivity index (χ2n) is 6.64. The molecule has 27 heavy (non-hydrogen) atoms. The third-order valence-corrected chi connectivity index (χ3v) is 5.49. The van der Waals surface area contributed by atoms with E-state index in [9.17, 15) is 13.2 Å².